The van der Waals surface area contributed by atoms with Gasteiger partial charge >= 0.3 is 0 Å². The van der Waals surface area contributed by atoms with E-state index in [-0.39, 0.29) is 5.92 Å². The van der Waals surface area contributed by atoms with E-state index in [2.05, 4.69) is 28.7 Å². The van der Waals surface area contributed by atoms with Crippen LogP contribution in [0.25, 0.3) is 0 Å². The van der Waals surface area contributed by atoms with Crippen molar-refractivity contribution in [2.75, 3.05) is 53.6 Å². The van der Waals surface area contributed by atoms with E-state index in [9.17, 15) is 0 Å². The van der Waals surface area contributed by atoms with Crippen molar-refractivity contribution in [2.45, 2.75) is 46.5 Å². The molecule has 0 bridgehead atoms. The fraction of sp³-hybridized carbons (Fsp3) is 0.667. The molecule has 2 heterocycles. The summed E-state index contributed by atoms with van der Waals surface area (Å²) in [5.41, 5.74) is 1.96. The number of ether oxygens (including phenoxy) is 3. The second-order valence-electron chi connectivity index (χ2n) is 7.98. The third-order valence-corrected chi connectivity index (χ3v) is 5.72. The van der Waals surface area contributed by atoms with E-state index >= 15 is 0 Å². The minimum atomic E-state index is 0.278. The number of nitrogens with zero attached hydrogens (tertiary/aromatic N) is 3. The highest BCUT2D eigenvalue weighted by molar-refractivity contribution is 6.18. The fourth-order valence-corrected chi connectivity index (χ4v) is 3.68. The molecule has 0 aromatic heterocycles. The monoisotopic (exact) mass is 432 g/mol. The maximum Gasteiger partial charge on any atom is 0.254 e. The molecule has 0 radical (unpaired) electrons. The molecule has 1 N–H and O–H groups in total. The van der Waals surface area contributed by atoms with Crippen molar-refractivity contribution in [1.29, 1.82) is 0 Å². The van der Waals surface area contributed by atoms with Gasteiger partial charge in [-0.3, -0.25) is 4.99 Å². The maximum absolute atomic E-state index is 6.03. The van der Waals surface area contributed by atoms with Gasteiger partial charge in [-0.25, -0.2) is 0 Å². The fourth-order valence-electron chi connectivity index (χ4n) is 3.68. The standard InChI is InChI=1S/C24H40N4O3/c1-7-30-16-11-18(2)21-17-22(25-5)26-23(19(21)3)27-24(20(4)29-6)31-15-10-14-28-12-8-9-13-28/h17-18H,3,7-16H2,1-2,4-6H3,(H,25,26,27)/b24-20-. The Kier molecular flexibility index (Phi) is 10.8. The number of aliphatic imine (C=N–C) groups is 2. The molecule has 0 aromatic carbocycles. The lowest BCUT2D eigenvalue weighted by molar-refractivity contribution is 0.138. The van der Waals surface area contributed by atoms with Crippen molar-refractivity contribution in [3.05, 3.63) is 35.4 Å². The normalized spacial score (nSPS) is 21.7. The van der Waals surface area contributed by atoms with Gasteiger partial charge in [0.2, 0.25) is 0 Å². The molecule has 0 aliphatic carbocycles. The van der Waals surface area contributed by atoms with E-state index in [1.54, 1.807) is 14.2 Å². The molecule has 1 unspecified atom stereocenters. The van der Waals surface area contributed by atoms with Crippen LogP contribution in [-0.2, 0) is 14.2 Å². The third-order valence-electron chi connectivity index (χ3n) is 5.72. The van der Waals surface area contributed by atoms with Crippen LogP contribution < -0.4 is 5.32 Å². The van der Waals surface area contributed by atoms with E-state index in [4.69, 9.17) is 19.2 Å². The van der Waals surface area contributed by atoms with Gasteiger partial charge in [-0.05, 0) is 70.2 Å². The maximum atomic E-state index is 6.03. The highest BCUT2D eigenvalue weighted by Gasteiger charge is 2.23. The van der Waals surface area contributed by atoms with Crippen LogP contribution >= 0.6 is 0 Å². The molecule has 7 heteroatoms. The Morgan fingerprint density at radius 2 is 2.03 bits per heavy atom. The Morgan fingerprint density at radius 1 is 1.29 bits per heavy atom. The molecule has 0 aromatic rings. The Labute approximate surface area is 187 Å². The number of likely N-dealkylation sites (tertiary alicyclic amines) is 1. The minimum absolute atomic E-state index is 0.278. The molecular formula is C24H40N4O3. The predicted octanol–water partition coefficient (Wildman–Crippen LogP) is 3.90. The molecule has 0 amide bonds. The van der Waals surface area contributed by atoms with Gasteiger partial charge < -0.3 is 24.4 Å². The van der Waals surface area contributed by atoms with Crippen molar-refractivity contribution in [2.24, 2.45) is 15.9 Å². The zero-order chi connectivity index (χ0) is 22.6. The first-order chi connectivity index (χ1) is 15.0. The zero-order valence-electron chi connectivity index (χ0n) is 20.0. The molecule has 0 spiro atoms. The van der Waals surface area contributed by atoms with Gasteiger partial charge in [-0.15, -0.1) is 0 Å². The highest BCUT2D eigenvalue weighted by Crippen LogP contribution is 2.26. The molecular weight excluding hydrogens is 392 g/mol. The van der Waals surface area contributed by atoms with Crippen molar-refractivity contribution >= 4 is 11.7 Å². The van der Waals surface area contributed by atoms with E-state index in [1.807, 2.05) is 19.9 Å². The number of allylic oxidation sites excluding steroid dienone is 1. The van der Waals surface area contributed by atoms with Gasteiger partial charge in [-0.2, -0.15) is 4.99 Å². The topological polar surface area (TPSA) is 67.7 Å². The average molecular weight is 433 g/mol. The summed E-state index contributed by atoms with van der Waals surface area (Å²) in [7, 11) is 3.39. The van der Waals surface area contributed by atoms with Crippen LogP contribution in [0.4, 0.5) is 0 Å². The Hall–Kier alpha value is -2.12. The van der Waals surface area contributed by atoms with Crippen LogP contribution in [0.3, 0.4) is 0 Å². The van der Waals surface area contributed by atoms with E-state index in [0.29, 0.717) is 24.1 Å². The number of nitrogens with one attached hydrogen (secondary N) is 1. The van der Waals surface area contributed by atoms with E-state index < -0.39 is 0 Å². The summed E-state index contributed by atoms with van der Waals surface area (Å²) < 4.78 is 17.0. The van der Waals surface area contributed by atoms with Gasteiger partial charge in [0.25, 0.3) is 5.88 Å². The van der Waals surface area contributed by atoms with Gasteiger partial charge in [0.05, 0.1) is 13.7 Å². The largest absolute Gasteiger partial charge is 0.496 e. The van der Waals surface area contributed by atoms with Crippen molar-refractivity contribution in [3.8, 4) is 0 Å². The number of amidine groups is 2. The lowest BCUT2D eigenvalue weighted by Gasteiger charge is -2.25. The van der Waals surface area contributed by atoms with Crippen molar-refractivity contribution < 1.29 is 14.2 Å². The van der Waals surface area contributed by atoms with Gasteiger partial charge in [0, 0.05) is 32.4 Å². The molecule has 2 aliphatic heterocycles. The second kappa shape index (κ2) is 13.3. The molecule has 174 valence electrons. The summed E-state index contributed by atoms with van der Waals surface area (Å²) in [6, 6.07) is 0. The lowest BCUT2D eigenvalue weighted by atomic mass is 9.89. The molecule has 31 heavy (non-hydrogen) atoms. The lowest BCUT2D eigenvalue weighted by Crippen LogP contribution is -2.36. The van der Waals surface area contributed by atoms with Gasteiger partial charge in [0.1, 0.15) is 11.7 Å². The Morgan fingerprint density at radius 3 is 2.68 bits per heavy atom. The third kappa shape index (κ3) is 7.82. The number of methoxy groups -OCH3 is 1. The van der Waals surface area contributed by atoms with Crippen LogP contribution in [0, 0.1) is 5.92 Å². The first kappa shape index (κ1) is 25.1. The quantitative estimate of drug-likeness (QED) is 0.374. The van der Waals surface area contributed by atoms with Crippen LogP contribution in [0.5, 0.6) is 0 Å². The summed E-state index contributed by atoms with van der Waals surface area (Å²) in [5.74, 6) is 2.80. The summed E-state index contributed by atoms with van der Waals surface area (Å²) in [6.07, 6.45) is 6.52. The average Bonchev–Trinajstić information content (AvgIpc) is 3.30. The molecule has 1 atom stereocenters. The minimum Gasteiger partial charge on any atom is -0.496 e. The molecule has 1 saturated heterocycles. The molecule has 1 fully saturated rings. The van der Waals surface area contributed by atoms with Crippen molar-refractivity contribution in [1.82, 2.24) is 10.2 Å². The van der Waals surface area contributed by atoms with Crippen LogP contribution in [0.1, 0.15) is 46.5 Å². The van der Waals surface area contributed by atoms with Crippen LogP contribution in [0.2, 0.25) is 0 Å². The summed E-state index contributed by atoms with van der Waals surface area (Å²) in [5, 5.41) is 3.26. The van der Waals surface area contributed by atoms with Gasteiger partial charge in [0.15, 0.2) is 5.76 Å². The van der Waals surface area contributed by atoms with Crippen molar-refractivity contribution in [3.63, 3.8) is 0 Å². The summed E-state index contributed by atoms with van der Waals surface area (Å²) >= 11 is 0. The molecule has 2 rings (SSSR count). The molecule has 2 aliphatic rings. The Bertz CT molecular complexity index is 718. The first-order valence-electron chi connectivity index (χ1n) is 11.4. The molecule has 0 saturated carbocycles. The SMILES string of the molecule is C=C1C(C(C)CCOCC)=CC(=NC)NC1=N/C(OCCCN1CCCC1)=C(\C)OC. The van der Waals surface area contributed by atoms with E-state index in [1.165, 1.54) is 25.9 Å². The second-order valence-corrected chi connectivity index (χ2v) is 7.98. The van der Waals surface area contributed by atoms with Gasteiger partial charge in [-0.1, -0.05) is 13.5 Å². The smallest absolute Gasteiger partial charge is 0.254 e. The first-order valence-corrected chi connectivity index (χ1v) is 11.4. The highest BCUT2D eigenvalue weighted by atomic mass is 16.5. The predicted molar refractivity (Wildman–Crippen MR) is 127 cm³/mol. The number of hydrogen-bond donors (Lipinski definition) is 1. The Balaban J connectivity index is 2.10. The number of hydrogen-bond acceptors (Lipinski definition) is 6. The number of rotatable bonds is 12. The van der Waals surface area contributed by atoms with Crippen LogP contribution in [-0.4, -0.2) is 70.2 Å². The summed E-state index contributed by atoms with van der Waals surface area (Å²) in [6.45, 7) is 15.8. The van der Waals surface area contributed by atoms with Crippen LogP contribution in [0.15, 0.2) is 45.4 Å². The zero-order valence-corrected chi connectivity index (χ0v) is 20.0. The summed E-state index contributed by atoms with van der Waals surface area (Å²) in [4.78, 5) is 11.6. The molecule has 7 nitrogen and oxygen atoms in total. The van der Waals surface area contributed by atoms with E-state index in [0.717, 1.165) is 49.6 Å².